The quantitative estimate of drug-likeness (QED) is 0.482. The summed E-state index contributed by atoms with van der Waals surface area (Å²) in [7, 11) is 0. The van der Waals surface area contributed by atoms with E-state index in [0.29, 0.717) is 17.1 Å². The van der Waals surface area contributed by atoms with Gasteiger partial charge in [-0.3, -0.25) is 14.9 Å². The number of aryl methyl sites for hydroxylation is 1. The first-order chi connectivity index (χ1) is 9.51. The van der Waals surface area contributed by atoms with Crippen molar-refractivity contribution in [1.82, 2.24) is 0 Å². The minimum absolute atomic E-state index is 0.00809. The second-order valence-electron chi connectivity index (χ2n) is 4.11. The molecule has 0 N–H and O–H groups in total. The molecule has 2 rings (SSSR count). The number of benzene rings is 2. The van der Waals surface area contributed by atoms with Crippen LogP contribution in [0, 0.1) is 17.0 Å². The lowest BCUT2D eigenvalue weighted by atomic mass is 10.1. The van der Waals surface area contributed by atoms with E-state index in [1.807, 2.05) is 0 Å². The Hall–Kier alpha value is -2.40. The molecule has 0 amide bonds. The number of ether oxygens (including phenoxy) is 1. The van der Waals surface area contributed by atoms with E-state index in [9.17, 15) is 14.9 Å². The summed E-state index contributed by atoms with van der Waals surface area (Å²) in [4.78, 5) is 20.8. The van der Waals surface area contributed by atoms with E-state index < -0.39 is 4.92 Å². The standard InChI is InChI=1S/C14H10ClNO4/c1-9-6-11(3-2-10(9)8-17)20-12-4-5-14(16(18)19)13(15)7-12/h2-8H,1H3. The first-order valence-corrected chi connectivity index (χ1v) is 6.06. The Kier molecular flexibility index (Phi) is 4.00. The average Bonchev–Trinajstić information content (AvgIpc) is 2.38. The van der Waals surface area contributed by atoms with Crippen LogP contribution >= 0.6 is 11.6 Å². The van der Waals surface area contributed by atoms with Crippen LogP contribution in [-0.4, -0.2) is 11.2 Å². The van der Waals surface area contributed by atoms with Crippen molar-refractivity contribution in [3.63, 3.8) is 0 Å². The molecule has 0 saturated carbocycles. The minimum atomic E-state index is -0.560. The fourth-order valence-corrected chi connectivity index (χ4v) is 1.92. The van der Waals surface area contributed by atoms with Gasteiger partial charge in [-0.05, 0) is 36.8 Å². The average molecular weight is 292 g/mol. The van der Waals surface area contributed by atoms with Gasteiger partial charge in [0.15, 0.2) is 0 Å². The van der Waals surface area contributed by atoms with Crippen LogP contribution in [0.1, 0.15) is 15.9 Å². The monoisotopic (exact) mass is 291 g/mol. The van der Waals surface area contributed by atoms with E-state index in [-0.39, 0.29) is 10.7 Å². The van der Waals surface area contributed by atoms with Crippen LogP contribution in [0.15, 0.2) is 36.4 Å². The summed E-state index contributed by atoms with van der Waals surface area (Å²) < 4.78 is 5.55. The summed E-state index contributed by atoms with van der Waals surface area (Å²) in [6.07, 6.45) is 0.766. The first kappa shape index (κ1) is 14.0. The minimum Gasteiger partial charge on any atom is -0.457 e. The van der Waals surface area contributed by atoms with Crippen molar-refractivity contribution in [2.75, 3.05) is 0 Å². The second kappa shape index (κ2) is 5.71. The van der Waals surface area contributed by atoms with Crippen molar-refractivity contribution in [3.05, 3.63) is 62.7 Å². The summed E-state index contributed by atoms with van der Waals surface area (Å²) >= 11 is 5.80. The van der Waals surface area contributed by atoms with E-state index in [0.717, 1.165) is 11.8 Å². The summed E-state index contributed by atoms with van der Waals surface area (Å²) in [6.45, 7) is 1.79. The number of rotatable bonds is 4. The third-order valence-electron chi connectivity index (χ3n) is 2.72. The van der Waals surface area contributed by atoms with Crippen LogP contribution in [0.5, 0.6) is 11.5 Å². The van der Waals surface area contributed by atoms with Crippen molar-refractivity contribution in [3.8, 4) is 11.5 Å². The zero-order chi connectivity index (χ0) is 14.7. The molecule has 0 atom stereocenters. The van der Waals surface area contributed by atoms with Gasteiger partial charge in [0.1, 0.15) is 22.8 Å². The number of carbonyl (C=O) groups is 1. The lowest BCUT2D eigenvalue weighted by molar-refractivity contribution is -0.384. The molecule has 0 unspecified atom stereocenters. The van der Waals surface area contributed by atoms with E-state index in [4.69, 9.17) is 16.3 Å². The molecule has 0 aromatic heterocycles. The molecule has 2 aromatic carbocycles. The van der Waals surface area contributed by atoms with Crippen LogP contribution in [0.4, 0.5) is 5.69 Å². The molecule has 0 saturated heterocycles. The molecule has 0 aliphatic rings. The second-order valence-corrected chi connectivity index (χ2v) is 4.52. The third-order valence-corrected chi connectivity index (χ3v) is 3.02. The molecule has 2 aromatic rings. The Morgan fingerprint density at radius 1 is 1.20 bits per heavy atom. The predicted molar refractivity (Wildman–Crippen MR) is 74.7 cm³/mol. The molecule has 5 nitrogen and oxygen atoms in total. The molecule has 20 heavy (non-hydrogen) atoms. The summed E-state index contributed by atoms with van der Waals surface area (Å²) in [5.41, 5.74) is 1.19. The van der Waals surface area contributed by atoms with Crippen molar-refractivity contribution in [2.45, 2.75) is 6.92 Å². The highest BCUT2D eigenvalue weighted by Crippen LogP contribution is 2.31. The van der Waals surface area contributed by atoms with Crippen molar-refractivity contribution < 1.29 is 14.5 Å². The van der Waals surface area contributed by atoms with Gasteiger partial charge < -0.3 is 4.74 Å². The molecule has 0 heterocycles. The van der Waals surface area contributed by atoms with Crippen LogP contribution in [0.2, 0.25) is 5.02 Å². The highest BCUT2D eigenvalue weighted by molar-refractivity contribution is 6.32. The van der Waals surface area contributed by atoms with Gasteiger partial charge in [0.05, 0.1) is 4.92 Å². The molecule has 0 radical (unpaired) electrons. The molecule has 0 aliphatic heterocycles. The van der Waals surface area contributed by atoms with Gasteiger partial charge in [0.25, 0.3) is 5.69 Å². The van der Waals surface area contributed by atoms with Gasteiger partial charge in [0, 0.05) is 17.7 Å². The number of aldehydes is 1. The number of hydrogen-bond donors (Lipinski definition) is 0. The smallest absolute Gasteiger partial charge is 0.288 e. The molecule has 0 fully saturated rings. The molecular weight excluding hydrogens is 282 g/mol. The molecule has 0 aliphatic carbocycles. The summed E-state index contributed by atoms with van der Waals surface area (Å²) in [6, 6.07) is 9.12. The number of nitro groups is 1. The van der Waals surface area contributed by atoms with E-state index in [2.05, 4.69) is 0 Å². The maximum atomic E-state index is 10.7. The van der Waals surface area contributed by atoms with Gasteiger partial charge in [-0.15, -0.1) is 0 Å². The van der Waals surface area contributed by atoms with Crippen LogP contribution in [-0.2, 0) is 0 Å². The van der Waals surface area contributed by atoms with E-state index in [1.54, 1.807) is 25.1 Å². The molecular formula is C14H10ClNO4. The Morgan fingerprint density at radius 2 is 1.85 bits per heavy atom. The van der Waals surface area contributed by atoms with Crippen molar-refractivity contribution in [2.24, 2.45) is 0 Å². The maximum absolute atomic E-state index is 10.7. The van der Waals surface area contributed by atoms with Crippen molar-refractivity contribution >= 4 is 23.6 Å². The summed E-state index contributed by atoms with van der Waals surface area (Å²) in [5.74, 6) is 0.914. The predicted octanol–water partition coefficient (Wildman–Crippen LogP) is 4.16. The van der Waals surface area contributed by atoms with Gasteiger partial charge in [-0.2, -0.15) is 0 Å². The van der Waals surface area contributed by atoms with Gasteiger partial charge in [-0.1, -0.05) is 11.6 Å². The Morgan fingerprint density at radius 3 is 2.40 bits per heavy atom. The zero-order valence-corrected chi connectivity index (χ0v) is 11.3. The Labute approximate surface area is 119 Å². The lowest BCUT2D eigenvalue weighted by Gasteiger charge is -2.08. The fourth-order valence-electron chi connectivity index (χ4n) is 1.68. The normalized spacial score (nSPS) is 10.1. The zero-order valence-electron chi connectivity index (χ0n) is 10.5. The number of carbonyl (C=O) groups excluding carboxylic acids is 1. The summed E-state index contributed by atoms with van der Waals surface area (Å²) in [5, 5.41) is 10.7. The van der Waals surface area contributed by atoms with E-state index >= 15 is 0 Å². The fraction of sp³-hybridized carbons (Fsp3) is 0.0714. The van der Waals surface area contributed by atoms with Crippen LogP contribution < -0.4 is 4.74 Å². The first-order valence-electron chi connectivity index (χ1n) is 5.69. The third kappa shape index (κ3) is 2.95. The van der Waals surface area contributed by atoms with E-state index in [1.165, 1.54) is 18.2 Å². The van der Waals surface area contributed by atoms with Gasteiger partial charge in [-0.25, -0.2) is 0 Å². The lowest BCUT2D eigenvalue weighted by Crippen LogP contribution is -1.91. The van der Waals surface area contributed by atoms with Gasteiger partial charge in [0.2, 0.25) is 0 Å². The topological polar surface area (TPSA) is 69.4 Å². The maximum Gasteiger partial charge on any atom is 0.288 e. The van der Waals surface area contributed by atoms with Gasteiger partial charge >= 0.3 is 0 Å². The Balaban J connectivity index is 2.26. The van der Waals surface area contributed by atoms with Crippen LogP contribution in [0.25, 0.3) is 0 Å². The molecule has 102 valence electrons. The number of hydrogen-bond acceptors (Lipinski definition) is 4. The number of nitrogens with zero attached hydrogens (tertiary/aromatic N) is 1. The molecule has 0 bridgehead atoms. The SMILES string of the molecule is Cc1cc(Oc2ccc([N+](=O)[O-])c(Cl)c2)ccc1C=O. The highest BCUT2D eigenvalue weighted by Gasteiger charge is 2.13. The molecule has 0 spiro atoms. The number of nitro benzene ring substituents is 1. The highest BCUT2D eigenvalue weighted by atomic mass is 35.5. The largest absolute Gasteiger partial charge is 0.457 e. The van der Waals surface area contributed by atoms with Crippen molar-refractivity contribution in [1.29, 1.82) is 0 Å². The molecule has 6 heteroatoms. The number of halogens is 1. The van der Waals surface area contributed by atoms with Crippen LogP contribution in [0.3, 0.4) is 0 Å². The Bertz CT molecular complexity index is 685.